The van der Waals surface area contributed by atoms with E-state index in [1.54, 1.807) is 6.07 Å². The molecule has 0 radical (unpaired) electrons. The summed E-state index contributed by atoms with van der Waals surface area (Å²) in [6.07, 6.45) is 2.94. The Hall–Kier alpha value is -1.16. The first-order valence-electron chi connectivity index (χ1n) is 7.10. The molecule has 0 aliphatic carbocycles. The van der Waals surface area contributed by atoms with E-state index in [1.807, 2.05) is 13.0 Å². The van der Waals surface area contributed by atoms with Crippen LogP contribution in [0.15, 0.2) is 16.6 Å². The quantitative estimate of drug-likeness (QED) is 0.808. The average Bonchev–Trinajstić information content (AvgIpc) is 2.42. The molecule has 0 aliphatic rings. The molecular weight excluding hydrogens is 319 g/mol. The second-order valence-corrected chi connectivity index (χ2v) is 5.91. The molecule has 1 aromatic carbocycles. The lowest BCUT2D eigenvalue weighted by molar-refractivity contribution is 0.632. The molecule has 0 atom stereocenters. The van der Waals surface area contributed by atoms with Gasteiger partial charge >= 0.3 is 0 Å². The van der Waals surface area contributed by atoms with Crippen molar-refractivity contribution in [2.45, 2.75) is 40.0 Å². The monoisotopic (exact) mass is 338 g/mol. The first-order valence-corrected chi connectivity index (χ1v) is 7.89. The van der Waals surface area contributed by atoms with Crippen LogP contribution in [0, 0.1) is 12.7 Å². The lowest BCUT2D eigenvalue weighted by Gasteiger charge is -2.14. The van der Waals surface area contributed by atoms with Gasteiger partial charge in [-0.2, -0.15) is 0 Å². The molecule has 108 valence electrons. The zero-order valence-corrected chi connectivity index (χ0v) is 13.8. The van der Waals surface area contributed by atoms with E-state index in [9.17, 15) is 4.39 Å². The predicted molar refractivity (Wildman–Crippen MR) is 86.9 cm³/mol. The molecule has 0 spiro atoms. The maximum Gasteiger partial charge on any atom is 0.148 e. The van der Waals surface area contributed by atoms with Crippen molar-refractivity contribution in [2.24, 2.45) is 0 Å². The van der Waals surface area contributed by atoms with Gasteiger partial charge in [-0.25, -0.2) is 4.39 Å². The first kappa shape index (κ1) is 15.2. The summed E-state index contributed by atoms with van der Waals surface area (Å²) in [5, 5.41) is 3.92. The number of hydrogen-bond acceptors (Lipinski definition) is 2. The van der Waals surface area contributed by atoms with E-state index in [1.165, 1.54) is 0 Å². The van der Waals surface area contributed by atoms with Crippen LogP contribution in [0.1, 0.15) is 37.9 Å². The minimum absolute atomic E-state index is 0.236. The zero-order valence-electron chi connectivity index (χ0n) is 12.2. The van der Waals surface area contributed by atoms with Gasteiger partial charge in [0.2, 0.25) is 0 Å². The van der Waals surface area contributed by atoms with Gasteiger partial charge < -0.3 is 5.32 Å². The zero-order chi connectivity index (χ0) is 14.7. The van der Waals surface area contributed by atoms with Gasteiger partial charge in [-0.15, -0.1) is 0 Å². The summed E-state index contributed by atoms with van der Waals surface area (Å²) in [7, 11) is 0. The molecule has 1 N–H and O–H groups in total. The van der Waals surface area contributed by atoms with Crippen LogP contribution < -0.4 is 5.32 Å². The number of fused-ring (bicyclic) bond motifs is 1. The van der Waals surface area contributed by atoms with E-state index >= 15 is 0 Å². The number of hydrogen-bond donors (Lipinski definition) is 1. The van der Waals surface area contributed by atoms with E-state index in [0.29, 0.717) is 9.86 Å². The van der Waals surface area contributed by atoms with Gasteiger partial charge in [0.05, 0.1) is 15.4 Å². The van der Waals surface area contributed by atoms with Crippen molar-refractivity contribution in [1.82, 2.24) is 4.98 Å². The molecule has 2 aromatic rings. The van der Waals surface area contributed by atoms with Crippen LogP contribution in [0.25, 0.3) is 10.9 Å². The highest BCUT2D eigenvalue weighted by Crippen LogP contribution is 2.33. The number of pyridine rings is 1. The molecule has 1 heterocycles. The Kier molecular flexibility index (Phi) is 4.97. The summed E-state index contributed by atoms with van der Waals surface area (Å²) in [6, 6.07) is 3.78. The van der Waals surface area contributed by atoms with Crippen LogP contribution in [0.5, 0.6) is 0 Å². The lowest BCUT2D eigenvalue weighted by atomic mass is 10.1. The maximum atomic E-state index is 14.5. The number of nitrogens with one attached hydrogen (secondary N) is 1. The van der Waals surface area contributed by atoms with E-state index in [-0.39, 0.29) is 5.82 Å². The van der Waals surface area contributed by atoms with Crippen LogP contribution in [-0.2, 0) is 6.42 Å². The topological polar surface area (TPSA) is 24.9 Å². The summed E-state index contributed by atoms with van der Waals surface area (Å²) in [5.74, 6) is -0.236. The Balaban J connectivity index is 2.70. The third kappa shape index (κ3) is 2.95. The smallest absolute Gasteiger partial charge is 0.148 e. The van der Waals surface area contributed by atoms with Crippen LogP contribution in [0.4, 0.5) is 10.1 Å². The normalized spacial score (nSPS) is 11.1. The second-order valence-electron chi connectivity index (χ2n) is 5.05. The predicted octanol–water partition coefficient (Wildman–Crippen LogP) is 5.22. The SMILES string of the molecule is CCCNc1cc(CCC)nc2c(C)cc(Br)c(F)c12. The fourth-order valence-corrected chi connectivity index (χ4v) is 2.87. The third-order valence-corrected chi connectivity index (χ3v) is 3.87. The van der Waals surface area contributed by atoms with E-state index < -0.39 is 0 Å². The number of nitrogens with zero attached hydrogens (tertiary/aromatic N) is 1. The van der Waals surface area contributed by atoms with Crippen molar-refractivity contribution in [3.05, 3.63) is 33.7 Å². The standard InChI is InChI=1S/C16H20BrFN2/c1-4-6-11-9-13(19-7-5-2)14-15(18)12(17)8-10(3)16(14)20-11/h8-9H,4-7H2,1-3H3,(H,19,20). The minimum atomic E-state index is -0.236. The summed E-state index contributed by atoms with van der Waals surface area (Å²) >= 11 is 3.29. The summed E-state index contributed by atoms with van der Waals surface area (Å²) in [5.41, 5.74) is 3.62. The van der Waals surface area contributed by atoms with Gasteiger partial charge in [0.25, 0.3) is 0 Å². The molecule has 2 rings (SSSR count). The van der Waals surface area contributed by atoms with Gasteiger partial charge in [-0.05, 0) is 53.4 Å². The fraction of sp³-hybridized carbons (Fsp3) is 0.438. The molecule has 0 saturated heterocycles. The van der Waals surface area contributed by atoms with Gasteiger partial charge in [-0.1, -0.05) is 20.3 Å². The van der Waals surface area contributed by atoms with Gasteiger partial charge in [-0.3, -0.25) is 4.98 Å². The highest BCUT2D eigenvalue weighted by Gasteiger charge is 2.15. The van der Waals surface area contributed by atoms with Crippen molar-refractivity contribution in [3.8, 4) is 0 Å². The van der Waals surface area contributed by atoms with Crippen LogP contribution in [0.3, 0.4) is 0 Å². The average molecular weight is 339 g/mol. The molecule has 4 heteroatoms. The molecule has 2 nitrogen and oxygen atoms in total. The first-order chi connectivity index (χ1) is 9.58. The van der Waals surface area contributed by atoms with Crippen LogP contribution in [0.2, 0.25) is 0 Å². The highest BCUT2D eigenvalue weighted by molar-refractivity contribution is 9.10. The van der Waals surface area contributed by atoms with E-state index in [2.05, 4.69) is 40.1 Å². The Morgan fingerprint density at radius 3 is 2.65 bits per heavy atom. The fourth-order valence-electron chi connectivity index (χ4n) is 2.33. The summed E-state index contributed by atoms with van der Waals surface area (Å²) in [4.78, 5) is 4.63. The number of rotatable bonds is 5. The van der Waals surface area contributed by atoms with Gasteiger partial charge in [0, 0.05) is 17.9 Å². The summed E-state index contributed by atoms with van der Waals surface area (Å²) < 4.78 is 14.9. The lowest BCUT2D eigenvalue weighted by Crippen LogP contribution is -2.05. The second kappa shape index (κ2) is 6.53. The van der Waals surface area contributed by atoms with E-state index in [0.717, 1.165) is 48.3 Å². The number of aryl methyl sites for hydroxylation is 2. The van der Waals surface area contributed by atoms with Crippen molar-refractivity contribution >= 4 is 32.5 Å². The molecule has 1 aromatic heterocycles. The molecule has 0 saturated carbocycles. The molecule has 20 heavy (non-hydrogen) atoms. The molecular formula is C16H20BrFN2. The number of halogens is 2. The Bertz CT molecular complexity index is 626. The van der Waals surface area contributed by atoms with Crippen LogP contribution in [-0.4, -0.2) is 11.5 Å². The van der Waals surface area contributed by atoms with Crippen molar-refractivity contribution < 1.29 is 4.39 Å². The van der Waals surface area contributed by atoms with Crippen molar-refractivity contribution in [2.75, 3.05) is 11.9 Å². The highest BCUT2D eigenvalue weighted by atomic mass is 79.9. The third-order valence-electron chi connectivity index (χ3n) is 3.29. The van der Waals surface area contributed by atoms with Gasteiger partial charge in [0.15, 0.2) is 0 Å². The Morgan fingerprint density at radius 1 is 1.25 bits per heavy atom. The minimum Gasteiger partial charge on any atom is -0.384 e. The summed E-state index contributed by atoms with van der Waals surface area (Å²) in [6.45, 7) is 7.02. The molecule has 0 aliphatic heterocycles. The maximum absolute atomic E-state index is 14.5. The Labute approximate surface area is 127 Å². The van der Waals surface area contributed by atoms with Crippen molar-refractivity contribution in [1.29, 1.82) is 0 Å². The van der Waals surface area contributed by atoms with Gasteiger partial charge in [0.1, 0.15) is 5.82 Å². The molecule has 0 unspecified atom stereocenters. The number of benzene rings is 1. The Morgan fingerprint density at radius 2 is 2.00 bits per heavy atom. The number of anilines is 1. The molecule has 0 bridgehead atoms. The van der Waals surface area contributed by atoms with E-state index in [4.69, 9.17) is 0 Å². The molecule has 0 amide bonds. The molecule has 0 fully saturated rings. The largest absolute Gasteiger partial charge is 0.384 e. The number of aromatic nitrogens is 1. The van der Waals surface area contributed by atoms with Crippen molar-refractivity contribution in [3.63, 3.8) is 0 Å². The van der Waals surface area contributed by atoms with Crippen LogP contribution >= 0.6 is 15.9 Å².